The first-order chi connectivity index (χ1) is 11.2. The molecular weight excluding hydrogens is 317 g/mol. The molecule has 2 aromatic rings. The van der Waals surface area contributed by atoms with Gasteiger partial charge in [0.25, 0.3) is 0 Å². The van der Waals surface area contributed by atoms with E-state index in [9.17, 15) is 9.18 Å². The summed E-state index contributed by atoms with van der Waals surface area (Å²) in [5, 5.41) is 14.9. The second-order valence-electron chi connectivity index (χ2n) is 5.54. The summed E-state index contributed by atoms with van der Waals surface area (Å²) in [5.74, 6) is -0.133. The second-order valence-corrected chi connectivity index (χ2v) is 6.49. The van der Waals surface area contributed by atoms with Gasteiger partial charge in [-0.1, -0.05) is 37.1 Å². The first kappa shape index (κ1) is 15.9. The van der Waals surface area contributed by atoms with Crippen molar-refractivity contribution < 1.29 is 9.18 Å². The van der Waals surface area contributed by atoms with Crippen molar-refractivity contribution in [1.29, 1.82) is 0 Å². The van der Waals surface area contributed by atoms with Gasteiger partial charge in [-0.3, -0.25) is 4.79 Å². The number of benzene rings is 1. The highest BCUT2D eigenvalue weighted by Gasteiger charge is 2.17. The van der Waals surface area contributed by atoms with Crippen LogP contribution in [0, 0.1) is 5.82 Å². The average Bonchev–Trinajstić information content (AvgIpc) is 3.02. The molecule has 0 unspecified atom stereocenters. The molecule has 1 fully saturated rings. The predicted molar refractivity (Wildman–Crippen MR) is 84.9 cm³/mol. The maximum Gasteiger partial charge on any atom is 0.230 e. The van der Waals surface area contributed by atoms with Gasteiger partial charge in [0.2, 0.25) is 11.1 Å². The summed E-state index contributed by atoms with van der Waals surface area (Å²) in [6.45, 7) is 0. The van der Waals surface area contributed by atoms with E-state index in [4.69, 9.17) is 0 Å². The van der Waals surface area contributed by atoms with Crippen molar-refractivity contribution in [2.24, 2.45) is 0 Å². The van der Waals surface area contributed by atoms with E-state index >= 15 is 0 Å². The molecule has 3 rings (SSSR count). The summed E-state index contributed by atoms with van der Waals surface area (Å²) in [6, 6.07) is 6.30. The molecule has 1 aliphatic carbocycles. The summed E-state index contributed by atoms with van der Waals surface area (Å²) >= 11 is 1.24. The van der Waals surface area contributed by atoms with Crippen molar-refractivity contribution >= 4 is 17.7 Å². The minimum Gasteiger partial charge on any atom is -0.353 e. The van der Waals surface area contributed by atoms with Crippen LogP contribution >= 0.6 is 11.8 Å². The fraction of sp³-hybridized carbons (Fsp3) is 0.467. The molecule has 0 atom stereocenters. The van der Waals surface area contributed by atoms with E-state index in [2.05, 4.69) is 20.8 Å². The highest BCUT2D eigenvalue weighted by molar-refractivity contribution is 7.99. The molecular formula is C15H18FN5OS. The Bertz CT molecular complexity index is 671. The lowest BCUT2D eigenvalue weighted by atomic mass is 9.95. The van der Waals surface area contributed by atoms with Gasteiger partial charge in [0.05, 0.1) is 11.4 Å². The molecule has 1 heterocycles. The lowest BCUT2D eigenvalue weighted by molar-refractivity contribution is -0.119. The predicted octanol–water partition coefficient (Wildman–Crippen LogP) is 2.34. The minimum atomic E-state index is -0.357. The molecule has 1 aromatic heterocycles. The molecule has 0 aliphatic heterocycles. The maximum absolute atomic E-state index is 13.3. The van der Waals surface area contributed by atoms with E-state index < -0.39 is 0 Å². The molecule has 1 aromatic carbocycles. The summed E-state index contributed by atoms with van der Waals surface area (Å²) in [6.07, 6.45) is 5.71. The van der Waals surface area contributed by atoms with E-state index in [0.29, 0.717) is 10.8 Å². The summed E-state index contributed by atoms with van der Waals surface area (Å²) < 4.78 is 14.7. The monoisotopic (exact) mass is 335 g/mol. The Kier molecular flexibility index (Phi) is 5.22. The number of amides is 1. The molecule has 1 N–H and O–H groups in total. The van der Waals surface area contributed by atoms with Crippen LogP contribution in [0.1, 0.15) is 32.1 Å². The zero-order valence-corrected chi connectivity index (χ0v) is 13.4. The van der Waals surface area contributed by atoms with Crippen LogP contribution in [-0.2, 0) is 4.79 Å². The summed E-state index contributed by atoms with van der Waals surface area (Å²) in [5.41, 5.74) is 0.533. The maximum atomic E-state index is 13.3. The van der Waals surface area contributed by atoms with Gasteiger partial charge in [-0.05, 0) is 41.5 Å². The molecule has 1 saturated carbocycles. The fourth-order valence-corrected chi connectivity index (χ4v) is 3.39. The van der Waals surface area contributed by atoms with Crippen LogP contribution in [0.4, 0.5) is 4.39 Å². The van der Waals surface area contributed by atoms with Crippen LogP contribution in [0.5, 0.6) is 0 Å². The molecule has 23 heavy (non-hydrogen) atoms. The van der Waals surface area contributed by atoms with Gasteiger partial charge in [-0.15, -0.1) is 5.10 Å². The number of carbonyl (C=O) groups excluding carboxylic acids is 1. The smallest absolute Gasteiger partial charge is 0.230 e. The van der Waals surface area contributed by atoms with Crippen molar-refractivity contribution in [3.05, 3.63) is 30.1 Å². The van der Waals surface area contributed by atoms with Gasteiger partial charge in [-0.25, -0.2) is 4.39 Å². The number of nitrogens with one attached hydrogen (secondary N) is 1. The highest BCUT2D eigenvalue weighted by Crippen LogP contribution is 2.20. The van der Waals surface area contributed by atoms with Crippen LogP contribution in [0.3, 0.4) is 0 Å². The number of hydrogen-bond donors (Lipinski definition) is 1. The Balaban J connectivity index is 1.58. The van der Waals surface area contributed by atoms with E-state index in [0.717, 1.165) is 12.8 Å². The van der Waals surface area contributed by atoms with Crippen LogP contribution < -0.4 is 5.32 Å². The lowest BCUT2D eigenvalue weighted by Crippen LogP contribution is -2.37. The zero-order chi connectivity index (χ0) is 16.1. The van der Waals surface area contributed by atoms with Gasteiger partial charge >= 0.3 is 0 Å². The first-order valence-corrected chi connectivity index (χ1v) is 8.67. The molecule has 0 saturated heterocycles. The fourth-order valence-electron chi connectivity index (χ4n) is 2.69. The van der Waals surface area contributed by atoms with E-state index in [-0.39, 0.29) is 23.5 Å². The number of nitrogens with zero attached hydrogens (tertiary/aromatic N) is 4. The van der Waals surface area contributed by atoms with Crippen molar-refractivity contribution in [2.45, 2.75) is 43.3 Å². The average molecular weight is 335 g/mol. The number of tetrazole rings is 1. The molecule has 0 bridgehead atoms. The largest absolute Gasteiger partial charge is 0.353 e. The third-order valence-electron chi connectivity index (χ3n) is 3.80. The van der Waals surface area contributed by atoms with E-state index in [1.807, 2.05) is 0 Å². The van der Waals surface area contributed by atoms with E-state index in [1.54, 1.807) is 12.1 Å². The third kappa shape index (κ3) is 4.28. The number of carbonyl (C=O) groups is 1. The number of thioether (sulfide) groups is 1. The van der Waals surface area contributed by atoms with Crippen molar-refractivity contribution in [3.63, 3.8) is 0 Å². The van der Waals surface area contributed by atoms with Crippen molar-refractivity contribution in [1.82, 2.24) is 25.5 Å². The van der Waals surface area contributed by atoms with E-state index in [1.165, 1.54) is 47.8 Å². The SMILES string of the molecule is O=C(CSc1nnnn1-c1cccc(F)c1)NC1CCCCC1. The standard InChI is InChI=1S/C15H18FN5OS/c16-11-5-4-8-13(9-11)21-15(18-19-20-21)23-10-14(22)17-12-6-2-1-3-7-12/h4-5,8-9,12H,1-3,6-7,10H2,(H,17,22). The first-order valence-electron chi connectivity index (χ1n) is 7.69. The molecule has 0 radical (unpaired) electrons. The number of rotatable bonds is 5. The van der Waals surface area contributed by atoms with Gasteiger partial charge in [-0.2, -0.15) is 4.68 Å². The Morgan fingerprint density at radius 1 is 1.35 bits per heavy atom. The Morgan fingerprint density at radius 3 is 2.96 bits per heavy atom. The van der Waals surface area contributed by atoms with Crippen molar-refractivity contribution in [3.8, 4) is 5.69 Å². The van der Waals surface area contributed by atoms with Crippen molar-refractivity contribution in [2.75, 3.05) is 5.75 Å². The molecule has 1 amide bonds. The van der Waals surface area contributed by atoms with Gasteiger partial charge < -0.3 is 5.32 Å². The molecule has 122 valence electrons. The lowest BCUT2D eigenvalue weighted by Gasteiger charge is -2.22. The topological polar surface area (TPSA) is 72.7 Å². The van der Waals surface area contributed by atoms with Crippen LogP contribution in [0.2, 0.25) is 0 Å². The summed E-state index contributed by atoms with van der Waals surface area (Å²) in [4.78, 5) is 12.0. The van der Waals surface area contributed by atoms with Gasteiger partial charge in [0, 0.05) is 6.04 Å². The third-order valence-corrected chi connectivity index (χ3v) is 4.72. The van der Waals surface area contributed by atoms with Crippen LogP contribution in [0.15, 0.2) is 29.4 Å². The van der Waals surface area contributed by atoms with Gasteiger partial charge in [0.1, 0.15) is 5.82 Å². The minimum absolute atomic E-state index is 0.0179. The number of aromatic nitrogens is 4. The number of halogens is 1. The zero-order valence-electron chi connectivity index (χ0n) is 12.6. The number of hydrogen-bond acceptors (Lipinski definition) is 5. The summed E-state index contributed by atoms with van der Waals surface area (Å²) in [7, 11) is 0. The molecule has 1 aliphatic rings. The Labute approximate surface area is 137 Å². The quantitative estimate of drug-likeness (QED) is 0.849. The van der Waals surface area contributed by atoms with Crippen LogP contribution in [0.25, 0.3) is 5.69 Å². The second kappa shape index (κ2) is 7.54. The highest BCUT2D eigenvalue weighted by atomic mass is 32.2. The molecule has 0 spiro atoms. The van der Waals surface area contributed by atoms with Gasteiger partial charge in [0.15, 0.2) is 0 Å². The van der Waals surface area contributed by atoms with Crippen LogP contribution in [-0.4, -0.2) is 37.9 Å². The normalized spacial score (nSPS) is 15.5. The Morgan fingerprint density at radius 2 is 2.17 bits per heavy atom. The Hall–Kier alpha value is -1.96. The molecule has 6 nitrogen and oxygen atoms in total. The molecule has 8 heteroatoms.